The van der Waals surface area contributed by atoms with Crippen molar-refractivity contribution in [3.8, 4) is 11.8 Å². The highest BCUT2D eigenvalue weighted by atomic mass is 16.6. The Morgan fingerprint density at radius 2 is 1.97 bits per heavy atom. The maximum Gasteiger partial charge on any atom is 0.409 e. The fourth-order valence-electron chi connectivity index (χ4n) is 3.04. The van der Waals surface area contributed by atoms with Crippen LogP contribution in [0.5, 0.6) is 5.75 Å². The van der Waals surface area contributed by atoms with Crippen molar-refractivity contribution in [3.05, 3.63) is 41.6 Å². The molecule has 0 aromatic heterocycles. The second-order valence-electron chi connectivity index (χ2n) is 6.77. The average Bonchev–Trinajstić information content (AvgIpc) is 2.74. The summed E-state index contributed by atoms with van der Waals surface area (Å²) >= 11 is 0. The Kier molecular flexibility index (Phi) is 8.34. The minimum Gasteiger partial charge on any atom is -0.497 e. The number of hydrogen-bond donors (Lipinski definition) is 2. The van der Waals surface area contributed by atoms with Crippen molar-refractivity contribution in [2.75, 3.05) is 26.8 Å². The zero-order valence-corrected chi connectivity index (χ0v) is 17.1. The number of amides is 2. The van der Waals surface area contributed by atoms with Crippen LogP contribution in [0.25, 0.3) is 0 Å². The largest absolute Gasteiger partial charge is 0.497 e. The molecule has 0 spiro atoms. The first kappa shape index (κ1) is 22.1. The second-order valence-corrected chi connectivity index (χ2v) is 6.77. The summed E-state index contributed by atoms with van der Waals surface area (Å²) in [5, 5.41) is 15.3. The molecule has 2 N–H and O–H groups in total. The quantitative estimate of drug-likeness (QED) is 0.538. The summed E-state index contributed by atoms with van der Waals surface area (Å²) < 4.78 is 10.1. The standard InChI is InChI=1S/C21H28N4O4/c1-4-29-21(27)25-11-9-18(10-12-25)23-14-17(13-22)20(26)24-15(2)16-5-7-19(28-3)8-6-16/h5-8,14-15,18,23H,4,9-12H2,1-3H3,(H,24,26)/b17-14-. The fourth-order valence-corrected chi connectivity index (χ4v) is 3.04. The molecule has 1 aliphatic heterocycles. The number of nitrogens with zero attached hydrogens (tertiary/aromatic N) is 2. The van der Waals surface area contributed by atoms with Crippen molar-refractivity contribution in [1.29, 1.82) is 5.26 Å². The molecule has 0 aliphatic carbocycles. The molecule has 2 rings (SSSR count). The van der Waals surface area contributed by atoms with Gasteiger partial charge in [-0.1, -0.05) is 12.1 Å². The summed E-state index contributed by atoms with van der Waals surface area (Å²) in [4.78, 5) is 25.8. The number of piperidine rings is 1. The number of methoxy groups -OCH3 is 1. The summed E-state index contributed by atoms with van der Waals surface area (Å²) in [7, 11) is 1.60. The van der Waals surface area contributed by atoms with Gasteiger partial charge in [0.05, 0.1) is 19.8 Å². The molecule has 0 radical (unpaired) electrons. The maximum atomic E-state index is 12.4. The van der Waals surface area contributed by atoms with Gasteiger partial charge in [-0.15, -0.1) is 0 Å². The van der Waals surface area contributed by atoms with E-state index in [-0.39, 0.29) is 23.8 Å². The molecule has 1 fully saturated rings. The summed E-state index contributed by atoms with van der Waals surface area (Å²) in [5.74, 6) is 0.301. The number of hydrogen-bond acceptors (Lipinski definition) is 6. The van der Waals surface area contributed by atoms with Crippen LogP contribution >= 0.6 is 0 Å². The molecular formula is C21H28N4O4. The SMILES string of the molecule is CCOC(=O)N1CCC(N/C=C(/C#N)C(=O)NC(C)c2ccc(OC)cc2)CC1. The van der Waals surface area contributed by atoms with Gasteiger partial charge in [0.25, 0.3) is 5.91 Å². The van der Waals surface area contributed by atoms with Crippen molar-refractivity contribution < 1.29 is 19.1 Å². The summed E-state index contributed by atoms with van der Waals surface area (Å²) in [6.07, 6.45) is 2.60. The first-order valence-corrected chi connectivity index (χ1v) is 9.71. The van der Waals surface area contributed by atoms with Gasteiger partial charge in [-0.25, -0.2) is 4.79 Å². The van der Waals surface area contributed by atoms with Crippen LogP contribution in [0.3, 0.4) is 0 Å². The first-order valence-electron chi connectivity index (χ1n) is 9.71. The molecule has 29 heavy (non-hydrogen) atoms. The maximum absolute atomic E-state index is 12.4. The summed E-state index contributed by atoms with van der Waals surface area (Å²) in [6.45, 7) is 5.14. The average molecular weight is 400 g/mol. The van der Waals surface area contributed by atoms with Gasteiger partial charge in [0.1, 0.15) is 17.4 Å². The predicted molar refractivity (Wildman–Crippen MR) is 108 cm³/mol. The number of rotatable bonds is 7. The third-order valence-corrected chi connectivity index (χ3v) is 4.81. The molecule has 8 nitrogen and oxygen atoms in total. The van der Waals surface area contributed by atoms with Crippen molar-refractivity contribution in [3.63, 3.8) is 0 Å². The van der Waals surface area contributed by atoms with Crippen LogP contribution in [0.1, 0.15) is 38.3 Å². The fraction of sp³-hybridized carbons (Fsp3) is 0.476. The molecule has 1 heterocycles. The van der Waals surface area contributed by atoms with Gasteiger partial charge in [-0.2, -0.15) is 5.26 Å². The van der Waals surface area contributed by atoms with E-state index in [9.17, 15) is 14.9 Å². The summed E-state index contributed by atoms with van der Waals surface area (Å²) in [6, 6.07) is 9.17. The smallest absolute Gasteiger partial charge is 0.409 e. The second kappa shape index (κ2) is 11.0. The molecule has 156 valence electrons. The van der Waals surface area contributed by atoms with E-state index in [0.29, 0.717) is 19.7 Å². The molecule has 0 saturated carbocycles. The van der Waals surface area contributed by atoms with E-state index < -0.39 is 5.91 Å². The van der Waals surface area contributed by atoms with Crippen molar-refractivity contribution in [1.82, 2.24) is 15.5 Å². The van der Waals surface area contributed by atoms with E-state index in [0.717, 1.165) is 24.2 Å². The highest BCUT2D eigenvalue weighted by molar-refractivity contribution is 5.97. The van der Waals surface area contributed by atoms with Crippen LogP contribution in [0.4, 0.5) is 4.79 Å². The van der Waals surface area contributed by atoms with Gasteiger partial charge in [-0.3, -0.25) is 4.79 Å². The molecule has 1 saturated heterocycles. The third-order valence-electron chi connectivity index (χ3n) is 4.81. The van der Waals surface area contributed by atoms with Gasteiger partial charge in [0.2, 0.25) is 0 Å². The summed E-state index contributed by atoms with van der Waals surface area (Å²) in [5.41, 5.74) is 0.925. The Hall–Kier alpha value is -3.21. The number of likely N-dealkylation sites (tertiary alicyclic amines) is 1. The lowest BCUT2D eigenvalue weighted by molar-refractivity contribution is -0.117. The molecular weight excluding hydrogens is 372 g/mol. The van der Waals surface area contributed by atoms with Gasteiger partial charge in [0, 0.05) is 25.3 Å². The topological polar surface area (TPSA) is 104 Å². The van der Waals surface area contributed by atoms with Crippen molar-refractivity contribution in [2.24, 2.45) is 0 Å². The number of ether oxygens (including phenoxy) is 2. The van der Waals surface area contributed by atoms with Crippen LogP contribution in [0, 0.1) is 11.3 Å². The van der Waals surface area contributed by atoms with Gasteiger partial charge >= 0.3 is 6.09 Å². The zero-order valence-electron chi connectivity index (χ0n) is 17.1. The molecule has 8 heteroatoms. The highest BCUT2D eigenvalue weighted by Crippen LogP contribution is 2.17. The Balaban J connectivity index is 1.86. The third kappa shape index (κ3) is 6.42. The minimum absolute atomic E-state index is 0.0122. The highest BCUT2D eigenvalue weighted by Gasteiger charge is 2.23. The Bertz CT molecular complexity index is 762. The van der Waals surface area contributed by atoms with Crippen LogP contribution in [-0.2, 0) is 9.53 Å². The zero-order chi connectivity index (χ0) is 21.2. The van der Waals surface area contributed by atoms with Crippen molar-refractivity contribution in [2.45, 2.75) is 38.8 Å². The number of nitrogens with one attached hydrogen (secondary N) is 2. The van der Waals surface area contributed by atoms with Gasteiger partial charge in [0.15, 0.2) is 0 Å². The number of nitriles is 1. The van der Waals surface area contributed by atoms with Crippen LogP contribution < -0.4 is 15.4 Å². The van der Waals surface area contributed by atoms with Crippen LogP contribution in [0.2, 0.25) is 0 Å². The number of carbonyl (C=O) groups excluding carboxylic acids is 2. The van der Waals surface area contributed by atoms with Crippen LogP contribution in [-0.4, -0.2) is 49.7 Å². The predicted octanol–water partition coefficient (Wildman–Crippen LogP) is 2.49. The lowest BCUT2D eigenvalue weighted by atomic mass is 10.1. The number of carbonyl (C=O) groups is 2. The molecule has 1 aliphatic rings. The van der Waals surface area contributed by atoms with E-state index in [1.54, 1.807) is 18.9 Å². The lowest BCUT2D eigenvalue weighted by Crippen LogP contribution is -2.44. The van der Waals surface area contributed by atoms with Gasteiger partial charge < -0.3 is 25.0 Å². The van der Waals surface area contributed by atoms with Gasteiger partial charge in [-0.05, 0) is 44.4 Å². The molecule has 1 aromatic rings. The number of benzene rings is 1. The Labute approximate surface area is 171 Å². The Morgan fingerprint density at radius 3 is 2.52 bits per heavy atom. The monoisotopic (exact) mass is 400 g/mol. The minimum atomic E-state index is -0.438. The molecule has 1 unspecified atom stereocenters. The van der Waals surface area contributed by atoms with E-state index >= 15 is 0 Å². The molecule has 0 bridgehead atoms. The lowest BCUT2D eigenvalue weighted by Gasteiger charge is -2.31. The van der Waals surface area contributed by atoms with E-state index in [1.165, 1.54) is 6.20 Å². The normalized spacial score (nSPS) is 15.8. The van der Waals surface area contributed by atoms with E-state index in [1.807, 2.05) is 37.3 Å². The first-order chi connectivity index (χ1) is 14.0. The van der Waals surface area contributed by atoms with E-state index in [4.69, 9.17) is 9.47 Å². The van der Waals surface area contributed by atoms with Crippen molar-refractivity contribution >= 4 is 12.0 Å². The Morgan fingerprint density at radius 1 is 1.31 bits per heavy atom. The molecule has 2 amide bonds. The van der Waals surface area contributed by atoms with Crippen LogP contribution in [0.15, 0.2) is 36.0 Å². The molecule has 1 aromatic carbocycles. The molecule has 1 atom stereocenters. The van der Waals surface area contributed by atoms with E-state index in [2.05, 4.69) is 10.6 Å².